The Morgan fingerprint density at radius 2 is 2.10 bits per heavy atom. The minimum atomic E-state index is -0.543. The smallest absolute Gasteiger partial charge is 0.341 e. The molecule has 1 aromatic rings. The highest BCUT2D eigenvalue weighted by Gasteiger charge is 2.15. The van der Waals surface area contributed by atoms with Crippen molar-refractivity contribution in [3.63, 3.8) is 0 Å². The van der Waals surface area contributed by atoms with E-state index in [2.05, 4.69) is 18.8 Å². The maximum Gasteiger partial charge on any atom is 0.341 e. The van der Waals surface area contributed by atoms with E-state index >= 15 is 0 Å². The van der Waals surface area contributed by atoms with Crippen LogP contribution in [-0.4, -0.2) is 23.6 Å². The molecule has 0 heterocycles. The summed E-state index contributed by atoms with van der Waals surface area (Å²) in [5, 5.41) is 9.85. The largest absolute Gasteiger partial charge is 0.507 e. The molecule has 0 saturated heterocycles. The standard InChI is InChI=1S/C15H23N3O3/c1-3-5-10(4-2)9-21-14(20)12-7-6-11(8-13(12)19)18-15(16)17/h6-8,10,19H,3-5,9H2,1-2H3,(H4,16,17,18). The van der Waals surface area contributed by atoms with Gasteiger partial charge in [-0.25, -0.2) is 9.79 Å². The predicted molar refractivity (Wildman–Crippen MR) is 82.5 cm³/mol. The lowest BCUT2D eigenvalue weighted by Crippen LogP contribution is -2.21. The summed E-state index contributed by atoms with van der Waals surface area (Å²) in [4.78, 5) is 15.7. The van der Waals surface area contributed by atoms with Gasteiger partial charge in [-0.05, 0) is 24.5 Å². The van der Waals surface area contributed by atoms with Gasteiger partial charge in [-0.3, -0.25) is 0 Å². The highest BCUT2D eigenvalue weighted by molar-refractivity contribution is 5.93. The monoisotopic (exact) mass is 293 g/mol. The molecule has 0 radical (unpaired) electrons. The number of nitrogens with zero attached hydrogens (tertiary/aromatic N) is 1. The summed E-state index contributed by atoms with van der Waals surface area (Å²) in [7, 11) is 0. The molecule has 6 heteroatoms. The van der Waals surface area contributed by atoms with Gasteiger partial charge in [0.1, 0.15) is 11.3 Å². The molecule has 6 nitrogen and oxygen atoms in total. The molecule has 0 spiro atoms. The zero-order valence-corrected chi connectivity index (χ0v) is 12.5. The molecular weight excluding hydrogens is 270 g/mol. The third-order valence-electron chi connectivity index (χ3n) is 3.18. The van der Waals surface area contributed by atoms with Gasteiger partial charge in [0.2, 0.25) is 0 Å². The van der Waals surface area contributed by atoms with Gasteiger partial charge in [0, 0.05) is 6.07 Å². The van der Waals surface area contributed by atoms with Crippen LogP contribution in [0.1, 0.15) is 43.5 Å². The summed E-state index contributed by atoms with van der Waals surface area (Å²) in [5.74, 6) is -0.513. The molecule has 0 fully saturated rings. The summed E-state index contributed by atoms with van der Waals surface area (Å²) in [6, 6.07) is 4.30. The summed E-state index contributed by atoms with van der Waals surface area (Å²) in [6.07, 6.45) is 3.02. The van der Waals surface area contributed by atoms with Crippen LogP contribution in [0.2, 0.25) is 0 Å². The van der Waals surface area contributed by atoms with Crippen molar-refractivity contribution in [2.45, 2.75) is 33.1 Å². The van der Waals surface area contributed by atoms with Crippen molar-refractivity contribution in [3.8, 4) is 5.75 Å². The SMILES string of the molecule is CCCC(CC)COC(=O)c1ccc(N=C(N)N)cc1O. The van der Waals surface area contributed by atoms with Crippen molar-refractivity contribution in [2.24, 2.45) is 22.4 Å². The van der Waals surface area contributed by atoms with Gasteiger partial charge in [-0.15, -0.1) is 0 Å². The number of carbonyl (C=O) groups excluding carboxylic acids is 1. The minimum Gasteiger partial charge on any atom is -0.507 e. The number of carbonyl (C=O) groups is 1. The first kappa shape index (κ1) is 16.8. The number of benzene rings is 1. The van der Waals surface area contributed by atoms with E-state index in [4.69, 9.17) is 16.2 Å². The van der Waals surface area contributed by atoms with Gasteiger partial charge in [0.15, 0.2) is 5.96 Å². The molecule has 1 aromatic carbocycles. The molecule has 1 atom stereocenters. The maximum atomic E-state index is 12.0. The van der Waals surface area contributed by atoms with E-state index in [0.717, 1.165) is 19.3 Å². The quantitative estimate of drug-likeness (QED) is 0.406. The Kier molecular flexibility index (Phi) is 6.52. The normalized spacial score (nSPS) is 11.7. The van der Waals surface area contributed by atoms with Crippen molar-refractivity contribution in [2.75, 3.05) is 6.61 Å². The third kappa shape index (κ3) is 5.33. The molecule has 0 aliphatic heterocycles. The van der Waals surface area contributed by atoms with Crippen LogP contribution < -0.4 is 11.5 Å². The molecule has 21 heavy (non-hydrogen) atoms. The number of aromatic hydroxyl groups is 1. The first-order chi connectivity index (χ1) is 9.97. The van der Waals surface area contributed by atoms with Gasteiger partial charge in [0.05, 0.1) is 12.3 Å². The van der Waals surface area contributed by atoms with Crippen molar-refractivity contribution >= 4 is 17.6 Å². The Labute approximate surface area is 124 Å². The molecule has 1 rings (SSSR count). The molecule has 0 saturated carbocycles. The fourth-order valence-electron chi connectivity index (χ4n) is 2.00. The van der Waals surface area contributed by atoms with Crippen LogP contribution in [0.4, 0.5) is 5.69 Å². The van der Waals surface area contributed by atoms with Crippen molar-refractivity contribution in [1.82, 2.24) is 0 Å². The number of phenolic OH excluding ortho intramolecular Hbond substituents is 1. The number of esters is 1. The average Bonchev–Trinajstić information content (AvgIpc) is 2.42. The molecule has 1 unspecified atom stereocenters. The summed E-state index contributed by atoms with van der Waals surface area (Å²) >= 11 is 0. The van der Waals surface area contributed by atoms with E-state index in [1.807, 2.05) is 0 Å². The van der Waals surface area contributed by atoms with Gasteiger partial charge in [-0.1, -0.05) is 26.7 Å². The van der Waals surface area contributed by atoms with Crippen molar-refractivity contribution in [1.29, 1.82) is 0 Å². The van der Waals surface area contributed by atoms with Crippen molar-refractivity contribution < 1.29 is 14.6 Å². The maximum absolute atomic E-state index is 12.0. The Balaban J connectivity index is 2.72. The molecule has 0 amide bonds. The second-order valence-electron chi connectivity index (χ2n) is 4.90. The second-order valence-corrected chi connectivity index (χ2v) is 4.90. The topological polar surface area (TPSA) is 111 Å². The van der Waals surface area contributed by atoms with Gasteiger partial charge < -0.3 is 21.3 Å². The van der Waals surface area contributed by atoms with Crippen LogP contribution in [0.3, 0.4) is 0 Å². The predicted octanol–water partition coefficient (Wildman–Crippen LogP) is 2.28. The van der Waals surface area contributed by atoms with Crippen LogP contribution in [0, 0.1) is 5.92 Å². The highest BCUT2D eigenvalue weighted by atomic mass is 16.5. The van der Waals surface area contributed by atoms with Gasteiger partial charge >= 0.3 is 5.97 Å². The zero-order valence-electron chi connectivity index (χ0n) is 12.5. The third-order valence-corrected chi connectivity index (χ3v) is 3.18. The Morgan fingerprint density at radius 3 is 2.62 bits per heavy atom. The lowest BCUT2D eigenvalue weighted by molar-refractivity contribution is 0.0426. The van der Waals surface area contributed by atoms with E-state index in [0.29, 0.717) is 18.2 Å². The Morgan fingerprint density at radius 1 is 1.38 bits per heavy atom. The summed E-state index contributed by atoms with van der Waals surface area (Å²) in [6.45, 7) is 4.52. The lowest BCUT2D eigenvalue weighted by Gasteiger charge is -2.14. The van der Waals surface area contributed by atoms with E-state index in [1.165, 1.54) is 12.1 Å². The van der Waals surface area contributed by atoms with E-state index in [1.54, 1.807) is 6.07 Å². The highest BCUT2D eigenvalue weighted by Crippen LogP contribution is 2.25. The number of rotatable bonds is 7. The molecule has 116 valence electrons. The minimum absolute atomic E-state index is 0.107. The fourth-order valence-corrected chi connectivity index (χ4v) is 2.00. The molecule has 0 aliphatic rings. The second kappa shape index (κ2) is 8.14. The van der Waals surface area contributed by atoms with Gasteiger partial charge in [0.25, 0.3) is 0 Å². The lowest BCUT2D eigenvalue weighted by atomic mass is 10.0. The van der Waals surface area contributed by atoms with Crippen LogP contribution in [0.15, 0.2) is 23.2 Å². The number of ether oxygens (including phenoxy) is 1. The number of aliphatic imine (C=N–C) groups is 1. The molecular formula is C15H23N3O3. The first-order valence-corrected chi connectivity index (χ1v) is 7.07. The van der Waals surface area contributed by atoms with Crippen LogP contribution in [0.5, 0.6) is 5.75 Å². The Hall–Kier alpha value is -2.24. The van der Waals surface area contributed by atoms with E-state index in [9.17, 15) is 9.90 Å². The molecule has 5 N–H and O–H groups in total. The molecule has 0 aliphatic carbocycles. The number of hydrogen-bond acceptors (Lipinski definition) is 4. The number of phenols is 1. The van der Waals surface area contributed by atoms with E-state index in [-0.39, 0.29) is 17.3 Å². The number of guanidine groups is 1. The van der Waals surface area contributed by atoms with E-state index < -0.39 is 5.97 Å². The number of hydrogen-bond donors (Lipinski definition) is 3. The summed E-state index contributed by atoms with van der Waals surface area (Å²) < 4.78 is 5.25. The average molecular weight is 293 g/mol. The number of nitrogens with two attached hydrogens (primary N) is 2. The van der Waals surface area contributed by atoms with Crippen LogP contribution >= 0.6 is 0 Å². The first-order valence-electron chi connectivity index (χ1n) is 7.07. The molecule has 0 bridgehead atoms. The van der Waals surface area contributed by atoms with Crippen LogP contribution in [-0.2, 0) is 4.74 Å². The Bertz CT molecular complexity index is 511. The van der Waals surface area contributed by atoms with Gasteiger partial charge in [-0.2, -0.15) is 0 Å². The summed E-state index contributed by atoms with van der Waals surface area (Å²) in [5.41, 5.74) is 11.0. The van der Waals surface area contributed by atoms with Crippen molar-refractivity contribution in [3.05, 3.63) is 23.8 Å². The fraction of sp³-hybridized carbons (Fsp3) is 0.467. The molecule has 0 aromatic heterocycles. The zero-order chi connectivity index (χ0) is 15.8. The van der Waals surface area contributed by atoms with Crippen LogP contribution in [0.25, 0.3) is 0 Å².